The second kappa shape index (κ2) is 26.4. The first-order valence-corrected chi connectivity index (χ1v) is 38.5. The Morgan fingerprint density at radius 3 is 1.01 bits per heavy atom. The lowest BCUT2D eigenvalue weighted by molar-refractivity contribution is -0.164. The number of aromatic nitrogens is 5. The van der Waals surface area contributed by atoms with Crippen molar-refractivity contribution in [1.82, 2.24) is 24.1 Å². The smallest absolute Gasteiger partial charge is 0.157 e. The Bertz CT molecular complexity index is 3060. The molecule has 12 fully saturated rings. The van der Waals surface area contributed by atoms with E-state index in [2.05, 4.69) is 51.7 Å². The Morgan fingerprint density at radius 2 is 0.716 bits per heavy atom. The number of ketones is 3. The summed E-state index contributed by atoms with van der Waals surface area (Å²) in [6, 6.07) is 4.02. The SMILES string of the molecule is COC[C@@]1(O)CC[C@@]2(C)[C@@H](CC[C@@H]3[C@@H]2CC[C@]2(C)[C@@H](C(=O)Cn4cc(C)cn4)CC[C@@H]32)C1.COC[C@@]1(O)CC[C@@]2(C)[C@@H](CC[C@@H]3[C@@H]2CC[C@]2(C)[C@@H](C(=O)Cn4cc(C)cn4)CC[C@@H]32)C1.COC[C@@]1(O)CC[C@@]2(C)[C@@H](CC[C@@H]3[C@@H]2CC[C@]2(C)[C@@H](C(=O)Cn4cccc4)CC[C@@H]32)C1. The topological polar surface area (TPSA) is 180 Å². The summed E-state index contributed by atoms with van der Waals surface area (Å²) in [6.45, 7) is 21.8. The van der Waals surface area contributed by atoms with Crippen molar-refractivity contribution >= 4 is 17.3 Å². The Labute approximate surface area is 570 Å². The molecular weight excluding hydrogens is 1190 g/mol. The van der Waals surface area contributed by atoms with Crippen LogP contribution >= 0.6 is 0 Å². The first-order chi connectivity index (χ1) is 45.2. The van der Waals surface area contributed by atoms with Crippen LogP contribution in [0.2, 0.25) is 0 Å². The van der Waals surface area contributed by atoms with Crippen LogP contribution in [0.15, 0.2) is 49.3 Å². The predicted octanol–water partition coefficient (Wildman–Crippen LogP) is 14.7. The Kier molecular flexibility index (Phi) is 19.5. The third kappa shape index (κ3) is 12.6. The van der Waals surface area contributed by atoms with Crippen LogP contribution in [0.25, 0.3) is 0 Å². The van der Waals surface area contributed by atoms with Gasteiger partial charge in [-0.2, -0.15) is 10.2 Å². The highest BCUT2D eigenvalue weighted by molar-refractivity contribution is 5.83. The number of rotatable bonds is 15. The number of nitrogens with zero attached hydrogens (tertiary/aromatic N) is 5. The number of aliphatic hydroxyl groups is 3. The number of methoxy groups -OCH3 is 3. The van der Waals surface area contributed by atoms with E-state index in [0.29, 0.717) is 109 Å². The summed E-state index contributed by atoms with van der Waals surface area (Å²) in [7, 11) is 5.12. The molecular formula is C81H125N5O9. The minimum absolute atomic E-state index is 0.148. The summed E-state index contributed by atoms with van der Waals surface area (Å²) in [5.74, 6) is 10.2. The fourth-order valence-electron chi connectivity index (χ4n) is 27.2. The summed E-state index contributed by atoms with van der Waals surface area (Å²) in [5, 5.41) is 41.9. The summed E-state index contributed by atoms with van der Waals surface area (Å²) in [6.07, 6.45) is 42.0. The van der Waals surface area contributed by atoms with Crippen molar-refractivity contribution in [3.63, 3.8) is 0 Å². The number of ether oxygens (including phenoxy) is 3. The van der Waals surface area contributed by atoms with Gasteiger partial charge < -0.3 is 34.1 Å². The van der Waals surface area contributed by atoms with Crippen molar-refractivity contribution in [3.8, 4) is 0 Å². The first-order valence-electron chi connectivity index (χ1n) is 38.5. The molecule has 95 heavy (non-hydrogen) atoms. The zero-order valence-corrected chi connectivity index (χ0v) is 60.6. The highest BCUT2D eigenvalue weighted by atomic mass is 16.5. The second-order valence-corrected chi connectivity index (χ2v) is 36.8. The quantitative estimate of drug-likeness (QED) is 0.132. The average molecular weight is 1310 g/mol. The van der Waals surface area contributed by atoms with Crippen LogP contribution in [0, 0.1) is 135 Å². The highest BCUT2D eigenvalue weighted by Crippen LogP contribution is 2.72. The molecule has 3 heterocycles. The Hall–Kier alpha value is -3.53. The Morgan fingerprint density at radius 1 is 0.411 bits per heavy atom. The van der Waals surface area contributed by atoms with Gasteiger partial charge in [0.1, 0.15) is 0 Å². The molecule has 0 radical (unpaired) electrons. The molecule has 0 spiro atoms. The molecule has 14 heteroatoms. The van der Waals surface area contributed by atoms with Gasteiger partial charge in [-0.25, -0.2) is 0 Å². The molecule has 0 saturated heterocycles. The summed E-state index contributed by atoms with van der Waals surface area (Å²) in [4.78, 5) is 40.0. The number of fused-ring (bicyclic) bond motifs is 15. The monoisotopic (exact) mass is 1310 g/mol. The molecule has 24 atom stereocenters. The van der Waals surface area contributed by atoms with Crippen LogP contribution in [0.3, 0.4) is 0 Å². The minimum Gasteiger partial charge on any atom is -0.387 e. The van der Waals surface area contributed by atoms with E-state index in [4.69, 9.17) is 14.2 Å². The maximum absolute atomic E-state index is 13.4. The Balaban J connectivity index is 0.000000129. The van der Waals surface area contributed by atoms with Gasteiger partial charge in [0, 0.05) is 63.9 Å². The molecule has 3 aromatic heterocycles. The molecule has 12 saturated carbocycles. The fourth-order valence-corrected chi connectivity index (χ4v) is 27.2. The van der Waals surface area contributed by atoms with E-state index >= 15 is 0 Å². The zero-order valence-electron chi connectivity index (χ0n) is 60.6. The van der Waals surface area contributed by atoms with Gasteiger partial charge in [-0.1, -0.05) is 41.5 Å². The normalized spacial score (nSPS) is 46.1. The van der Waals surface area contributed by atoms with Crippen molar-refractivity contribution in [2.45, 2.75) is 265 Å². The molecule has 14 nitrogen and oxygen atoms in total. The van der Waals surface area contributed by atoms with Crippen LogP contribution in [0.1, 0.15) is 226 Å². The molecule has 3 N–H and O–H groups in total. The standard InChI is InChI=1S/2C27H42N2O3.C27H41NO3/c2*1-18-14-28-29(15-18)16-24(30)23-8-7-21-20-6-5-19-13-27(31,17-32-4)12-11-25(19,2)22(20)9-10-26(21,23)3;1-25-12-13-27(30,18-31-3)16-19(25)6-7-20-21-8-9-23(26(21,2)11-10-22(20)25)24(29)17-28-14-4-5-15-28/h2*14-15,19-23,31H,5-13,16-17H2,1-4H3;4-5,14-15,19-23,30H,6-13,16-18H2,1-3H3/t3*19-,20-,21-,22-,23+,25-,26-,27+/m000/s1. The van der Waals surface area contributed by atoms with Gasteiger partial charge in [-0.05, 0) is 314 Å². The predicted molar refractivity (Wildman–Crippen MR) is 370 cm³/mol. The molecule has 0 aromatic carbocycles. The average Bonchev–Trinajstić information content (AvgIpc) is 1.69. The van der Waals surface area contributed by atoms with Gasteiger partial charge in [0.15, 0.2) is 17.3 Å². The first kappa shape index (κ1) is 69.9. The van der Waals surface area contributed by atoms with Gasteiger partial charge in [0.25, 0.3) is 0 Å². The van der Waals surface area contributed by atoms with Crippen LogP contribution in [-0.2, 0) is 48.2 Å². The van der Waals surface area contributed by atoms with Gasteiger partial charge in [-0.15, -0.1) is 0 Å². The molecule has 0 bridgehead atoms. The van der Waals surface area contributed by atoms with Crippen molar-refractivity contribution < 1.29 is 43.9 Å². The van der Waals surface area contributed by atoms with E-state index in [-0.39, 0.29) is 34.0 Å². The van der Waals surface area contributed by atoms with Crippen molar-refractivity contribution in [2.24, 2.45) is 121 Å². The summed E-state index contributed by atoms with van der Waals surface area (Å²) < 4.78 is 21.8. The zero-order chi connectivity index (χ0) is 67.3. The second-order valence-electron chi connectivity index (χ2n) is 36.8. The molecule has 0 amide bonds. The number of hydrogen-bond acceptors (Lipinski definition) is 11. The van der Waals surface area contributed by atoms with Crippen LogP contribution in [0.5, 0.6) is 0 Å². The maximum atomic E-state index is 13.4. The van der Waals surface area contributed by atoms with Crippen molar-refractivity contribution in [3.05, 3.63) is 60.4 Å². The highest BCUT2D eigenvalue weighted by Gasteiger charge is 2.66. The molecule has 528 valence electrons. The van der Waals surface area contributed by atoms with E-state index in [0.717, 1.165) is 124 Å². The van der Waals surface area contributed by atoms with E-state index in [1.807, 2.05) is 77.1 Å². The minimum atomic E-state index is -0.634. The lowest BCUT2D eigenvalue weighted by Crippen LogP contribution is -2.56. The van der Waals surface area contributed by atoms with E-state index in [1.165, 1.54) is 96.3 Å². The maximum Gasteiger partial charge on any atom is 0.157 e. The fraction of sp³-hybridized carbons (Fsp3) is 0.840. The molecule has 12 aliphatic rings. The van der Waals surface area contributed by atoms with Gasteiger partial charge >= 0.3 is 0 Å². The van der Waals surface area contributed by atoms with Crippen molar-refractivity contribution in [1.29, 1.82) is 0 Å². The molecule has 12 aliphatic carbocycles. The van der Waals surface area contributed by atoms with Crippen LogP contribution in [0.4, 0.5) is 0 Å². The number of hydrogen-bond donors (Lipinski definition) is 3. The summed E-state index contributed by atoms with van der Waals surface area (Å²) >= 11 is 0. The van der Waals surface area contributed by atoms with E-state index in [1.54, 1.807) is 21.3 Å². The van der Waals surface area contributed by atoms with Crippen molar-refractivity contribution in [2.75, 3.05) is 41.2 Å². The van der Waals surface area contributed by atoms with Gasteiger partial charge in [0.2, 0.25) is 0 Å². The molecule has 15 rings (SSSR count). The summed E-state index contributed by atoms with van der Waals surface area (Å²) in [5.41, 5.74) is 1.82. The number of carbonyl (C=O) groups excluding carboxylic acids is 3. The van der Waals surface area contributed by atoms with Crippen LogP contribution < -0.4 is 0 Å². The number of aryl methyl sites for hydroxylation is 2. The van der Waals surface area contributed by atoms with E-state index < -0.39 is 16.8 Å². The number of carbonyl (C=O) groups is 3. The molecule has 3 aromatic rings. The third-order valence-electron chi connectivity index (χ3n) is 32.0. The largest absolute Gasteiger partial charge is 0.387 e. The molecule has 0 aliphatic heterocycles. The lowest BCUT2D eigenvalue weighted by atomic mass is 9.44. The lowest BCUT2D eigenvalue weighted by Gasteiger charge is -2.62. The third-order valence-corrected chi connectivity index (χ3v) is 32.0. The molecule has 0 unspecified atom stereocenters. The van der Waals surface area contributed by atoms with Gasteiger partial charge in [-0.3, -0.25) is 23.7 Å². The van der Waals surface area contributed by atoms with E-state index in [9.17, 15) is 29.7 Å². The van der Waals surface area contributed by atoms with Gasteiger partial charge in [0.05, 0.1) is 68.7 Å². The van der Waals surface area contributed by atoms with Crippen LogP contribution in [-0.4, -0.2) is 115 Å². The number of Topliss-reactive ketones (excluding diaryl/α,β-unsaturated/α-hetero) is 3.